The van der Waals surface area contributed by atoms with Gasteiger partial charge in [0, 0.05) is 11.6 Å². The molecule has 1 N–H and O–H groups in total. The molecule has 0 aromatic heterocycles. The second kappa shape index (κ2) is 4.60. The van der Waals surface area contributed by atoms with E-state index in [4.69, 9.17) is 0 Å². The predicted octanol–water partition coefficient (Wildman–Crippen LogP) is 1.89. The molecule has 1 atom stereocenters. The second-order valence-corrected chi connectivity index (χ2v) is 4.72. The zero-order valence-corrected chi connectivity index (χ0v) is 10.3. The van der Waals surface area contributed by atoms with Gasteiger partial charge in [0.2, 0.25) is 6.41 Å². The third kappa shape index (κ3) is 2.07. The molecule has 0 heterocycles. The summed E-state index contributed by atoms with van der Waals surface area (Å²) in [6.07, 6.45) is 1.72. The van der Waals surface area contributed by atoms with E-state index in [0.717, 1.165) is 11.0 Å². The number of benzene rings is 1. The minimum Gasteiger partial charge on any atom is -0.479 e. The van der Waals surface area contributed by atoms with Gasteiger partial charge in [-0.05, 0) is 25.8 Å². The fourth-order valence-electron chi connectivity index (χ4n) is 2.15. The number of rotatable bonds is 5. The first-order chi connectivity index (χ1) is 8.92. The largest absolute Gasteiger partial charge is 0.479 e. The van der Waals surface area contributed by atoms with E-state index >= 15 is 0 Å². The van der Waals surface area contributed by atoms with E-state index in [1.54, 1.807) is 0 Å². The maximum absolute atomic E-state index is 13.9. The summed E-state index contributed by atoms with van der Waals surface area (Å²) in [5, 5.41) is 9.39. The van der Waals surface area contributed by atoms with E-state index in [-0.39, 0.29) is 11.6 Å². The molecule has 0 saturated heterocycles. The van der Waals surface area contributed by atoms with Crippen molar-refractivity contribution >= 4 is 12.4 Å². The first-order valence-corrected chi connectivity index (χ1v) is 5.84. The smallest absolute Gasteiger partial charge is 0.334 e. The van der Waals surface area contributed by atoms with Gasteiger partial charge in [0.1, 0.15) is 0 Å². The van der Waals surface area contributed by atoms with Crippen molar-refractivity contribution in [1.82, 2.24) is 4.90 Å². The summed E-state index contributed by atoms with van der Waals surface area (Å²) in [7, 11) is 0. The van der Waals surface area contributed by atoms with Crippen LogP contribution in [0.4, 0.5) is 8.78 Å². The van der Waals surface area contributed by atoms with Gasteiger partial charge < -0.3 is 10.0 Å². The van der Waals surface area contributed by atoms with Crippen LogP contribution in [0.5, 0.6) is 0 Å². The van der Waals surface area contributed by atoms with Crippen LogP contribution in [-0.2, 0) is 15.1 Å². The monoisotopic (exact) mass is 269 g/mol. The van der Waals surface area contributed by atoms with Gasteiger partial charge in [-0.2, -0.15) is 0 Å². The Balaban J connectivity index is 2.58. The minimum atomic E-state index is -1.91. The zero-order chi connectivity index (χ0) is 14.2. The molecule has 102 valence electrons. The van der Waals surface area contributed by atoms with Crippen LogP contribution >= 0.6 is 0 Å². The molecule has 0 aliphatic heterocycles. The van der Waals surface area contributed by atoms with E-state index in [2.05, 4.69) is 0 Å². The topological polar surface area (TPSA) is 57.6 Å². The summed E-state index contributed by atoms with van der Waals surface area (Å²) in [5.74, 6) is -3.76. The molecule has 0 radical (unpaired) electrons. The Hall–Kier alpha value is -1.98. The van der Waals surface area contributed by atoms with Crippen LogP contribution in [-0.4, -0.2) is 28.4 Å². The highest BCUT2D eigenvalue weighted by Gasteiger charge is 2.48. The number of hydrogen-bond donors (Lipinski definition) is 1. The van der Waals surface area contributed by atoms with E-state index in [1.807, 2.05) is 0 Å². The molecule has 2 rings (SSSR count). The molecule has 1 aromatic carbocycles. The third-order valence-corrected chi connectivity index (χ3v) is 3.46. The van der Waals surface area contributed by atoms with Crippen LogP contribution in [0.2, 0.25) is 0 Å². The van der Waals surface area contributed by atoms with Gasteiger partial charge in [-0.15, -0.1) is 0 Å². The molecule has 1 unspecified atom stereocenters. The first kappa shape index (κ1) is 13.5. The number of nitrogens with zero attached hydrogens (tertiary/aromatic N) is 1. The number of hydrogen-bond acceptors (Lipinski definition) is 2. The Labute approximate surface area is 108 Å². The van der Waals surface area contributed by atoms with Crippen molar-refractivity contribution in [2.24, 2.45) is 0 Å². The van der Waals surface area contributed by atoms with Crippen LogP contribution in [0, 0.1) is 11.6 Å². The van der Waals surface area contributed by atoms with Crippen molar-refractivity contribution in [3.63, 3.8) is 0 Å². The van der Waals surface area contributed by atoms with E-state index in [1.165, 1.54) is 19.1 Å². The van der Waals surface area contributed by atoms with Crippen molar-refractivity contribution in [1.29, 1.82) is 0 Å². The van der Waals surface area contributed by atoms with Crippen molar-refractivity contribution < 1.29 is 23.5 Å². The molecular formula is C13H13F2NO3. The molecule has 19 heavy (non-hydrogen) atoms. The number of carbonyl (C=O) groups excluding carboxylic acids is 1. The summed E-state index contributed by atoms with van der Waals surface area (Å²) in [6, 6.07) is 3.08. The highest BCUT2D eigenvalue weighted by Crippen LogP contribution is 2.38. The van der Waals surface area contributed by atoms with E-state index in [9.17, 15) is 23.5 Å². The Morgan fingerprint density at radius 3 is 2.58 bits per heavy atom. The maximum Gasteiger partial charge on any atom is 0.334 e. The van der Waals surface area contributed by atoms with Gasteiger partial charge in [0.25, 0.3) is 0 Å². The number of carboxylic acid groups (broad SMARTS) is 1. The van der Waals surface area contributed by atoms with Gasteiger partial charge in [-0.3, -0.25) is 4.79 Å². The van der Waals surface area contributed by atoms with Crippen LogP contribution in [0.25, 0.3) is 0 Å². The Morgan fingerprint density at radius 2 is 2.11 bits per heavy atom. The first-order valence-electron chi connectivity index (χ1n) is 5.84. The zero-order valence-electron chi connectivity index (χ0n) is 10.3. The van der Waals surface area contributed by atoms with E-state index < -0.39 is 23.1 Å². The lowest BCUT2D eigenvalue weighted by Crippen LogP contribution is -2.51. The highest BCUT2D eigenvalue weighted by atomic mass is 19.2. The van der Waals surface area contributed by atoms with Crippen LogP contribution < -0.4 is 0 Å². The van der Waals surface area contributed by atoms with E-state index in [0.29, 0.717) is 19.3 Å². The SMILES string of the molecule is CC(C(=O)O)(c1cccc(F)c1F)N(C=O)C1CC1. The third-order valence-electron chi connectivity index (χ3n) is 3.46. The Morgan fingerprint density at radius 1 is 1.47 bits per heavy atom. The van der Waals surface area contributed by atoms with Gasteiger partial charge in [-0.25, -0.2) is 13.6 Å². The van der Waals surface area contributed by atoms with Crippen LogP contribution in [0.1, 0.15) is 25.3 Å². The van der Waals surface area contributed by atoms with Crippen molar-refractivity contribution in [3.8, 4) is 0 Å². The number of aliphatic carboxylic acids is 1. The molecule has 0 spiro atoms. The fraction of sp³-hybridized carbons (Fsp3) is 0.385. The summed E-state index contributed by atoms with van der Waals surface area (Å²) in [4.78, 5) is 23.7. The lowest BCUT2D eigenvalue weighted by molar-refractivity contribution is -0.155. The van der Waals surface area contributed by atoms with Crippen LogP contribution in [0.3, 0.4) is 0 Å². The fourth-order valence-corrected chi connectivity index (χ4v) is 2.15. The molecule has 1 aliphatic carbocycles. The second-order valence-electron chi connectivity index (χ2n) is 4.72. The summed E-state index contributed by atoms with van der Waals surface area (Å²) < 4.78 is 27.1. The molecule has 1 fully saturated rings. The Bertz CT molecular complexity index is 531. The normalized spacial score (nSPS) is 17.6. The molecule has 1 aromatic rings. The molecule has 1 saturated carbocycles. The van der Waals surface area contributed by atoms with Crippen molar-refractivity contribution in [2.75, 3.05) is 0 Å². The van der Waals surface area contributed by atoms with Gasteiger partial charge in [-0.1, -0.05) is 12.1 Å². The lowest BCUT2D eigenvalue weighted by atomic mass is 9.89. The maximum atomic E-state index is 13.9. The molecule has 1 aliphatic rings. The van der Waals surface area contributed by atoms with Gasteiger partial charge >= 0.3 is 5.97 Å². The highest BCUT2D eigenvalue weighted by molar-refractivity contribution is 5.83. The standard InChI is InChI=1S/C13H13F2NO3/c1-13(12(18)19,16(7-17)8-5-6-8)9-3-2-4-10(14)11(9)15/h2-4,7-8H,5-6H2,1H3,(H,18,19). The molecule has 1 amide bonds. The molecule has 4 nitrogen and oxygen atoms in total. The molecule has 6 heteroatoms. The molecule has 0 bridgehead atoms. The predicted molar refractivity (Wildman–Crippen MR) is 62.3 cm³/mol. The van der Waals surface area contributed by atoms with Crippen molar-refractivity contribution in [3.05, 3.63) is 35.4 Å². The minimum absolute atomic E-state index is 0.235. The van der Waals surface area contributed by atoms with Crippen LogP contribution in [0.15, 0.2) is 18.2 Å². The molecular weight excluding hydrogens is 256 g/mol. The number of halogens is 2. The van der Waals surface area contributed by atoms with Gasteiger partial charge in [0.15, 0.2) is 17.2 Å². The summed E-state index contributed by atoms with van der Waals surface area (Å²) >= 11 is 0. The average molecular weight is 269 g/mol. The van der Waals surface area contributed by atoms with Gasteiger partial charge in [0.05, 0.1) is 0 Å². The Kier molecular flexibility index (Phi) is 3.26. The number of carboxylic acids is 1. The average Bonchev–Trinajstić information content (AvgIpc) is 3.17. The number of carbonyl (C=O) groups is 2. The summed E-state index contributed by atoms with van der Waals surface area (Å²) in [5.41, 5.74) is -2.26. The quantitative estimate of drug-likeness (QED) is 0.830. The lowest BCUT2D eigenvalue weighted by Gasteiger charge is -2.36. The summed E-state index contributed by atoms with van der Waals surface area (Å²) in [6.45, 7) is 1.21. The number of amides is 1. The van der Waals surface area contributed by atoms with Crippen molar-refractivity contribution in [2.45, 2.75) is 31.3 Å².